The number of rotatable bonds is 1. The predicted octanol–water partition coefficient (Wildman–Crippen LogP) is 2.26. The number of hydrogen-bond donors (Lipinski definition) is 1. The van der Waals surface area contributed by atoms with E-state index in [4.69, 9.17) is 0 Å². The minimum Gasteiger partial charge on any atom is -0.319 e. The molecule has 0 aliphatic heterocycles. The molecule has 0 rings (SSSR count). The van der Waals surface area contributed by atoms with Crippen molar-refractivity contribution in [3.8, 4) is 12.0 Å². The molecule has 0 aromatic rings. The van der Waals surface area contributed by atoms with Crippen LogP contribution < -0.4 is 5.32 Å². The minimum absolute atomic E-state index is 0.906. The zero-order valence-corrected chi connectivity index (χ0v) is 7.21. The lowest BCUT2D eigenvalue weighted by Crippen LogP contribution is -2.02. The summed E-state index contributed by atoms with van der Waals surface area (Å²) >= 11 is 0. The molecular formula is C9H15N. The molecule has 1 nitrogen and oxygen atoms in total. The van der Waals surface area contributed by atoms with Gasteiger partial charge in [0, 0.05) is 18.2 Å². The SMILES string of the molecule is CCC#CNC(C)=C(C)C. The zero-order valence-electron chi connectivity index (χ0n) is 7.21. The molecule has 0 amide bonds. The fourth-order valence-corrected chi connectivity index (χ4v) is 0.351. The first-order valence-electron chi connectivity index (χ1n) is 3.56. The van der Waals surface area contributed by atoms with Crippen LogP contribution in [0.15, 0.2) is 11.3 Å². The van der Waals surface area contributed by atoms with Gasteiger partial charge in [0.25, 0.3) is 0 Å². The topological polar surface area (TPSA) is 12.0 Å². The van der Waals surface area contributed by atoms with Crippen molar-refractivity contribution in [2.75, 3.05) is 0 Å². The van der Waals surface area contributed by atoms with Gasteiger partial charge in [0.2, 0.25) is 0 Å². The minimum atomic E-state index is 0.906. The van der Waals surface area contributed by atoms with Gasteiger partial charge in [-0.3, -0.25) is 0 Å². The van der Waals surface area contributed by atoms with E-state index in [2.05, 4.69) is 31.1 Å². The summed E-state index contributed by atoms with van der Waals surface area (Å²) in [4.78, 5) is 0. The van der Waals surface area contributed by atoms with Gasteiger partial charge in [0.05, 0.1) is 0 Å². The second-order valence-corrected chi connectivity index (χ2v) is 2.41. The third kappa shape index (κ3) is 4.03. The summed E-state index contributed by atoms with van der Waals surface area (Å²) < 4.78 is 0. The van der Waals surface area contributed by atoms with E-state index in [0.29, 0.717) is 0 Å². The van der Waals surface area contributed by atoms with Crippen LogP contribution in [0.5, 0.6) is 0 Å². The smallest absolute Gasteiger partial charge is 0.0185 e. The van der Waals surface area contributed by atoms with Gasteiger partial charge in [0.15, 0.2) is 0 Å². The molecule has 0 aromatic carbocycles. The third-order valence-electron chi connectivity index (χ3n) is 1.27. The molecule has 0 bridgehead atoms. The average Bonchev–Trinajstić information content (AvgIpc) is 1.88. The molecule has 0 atom stereocenters. The van der Waals surface area contributed by atoms with E-state index in [1.165, 1.54) is 5.57 Å². The summed E-state index contributed by atoms with van der Waals surface area (Å²) in [5.41, 5.74) is 2.44. The summed E-state index contributed by atoms with van der Waals surface area (Å²) in [6.07, 6.45) is 0.906. The Morgan fingerprint density at radius 2 is 1.90 bits per heavy atom. The Morgan fingerprint density at radius 1 is 1.30 bits per heavy atom. The summed E-state index contributed by atoms with van der Waals surface area (Å²) in [6, 6.07) is 2.86. The van der Waals surface area contributed by atoms with Crippen LogP contribution in [0.4, 0.5) is 0 Å². The van der Waals surface area contributed by atoms with Gasteiger partial charge in [-0.15, -0.1) is 0 Å². The molecule has 0 aliphatic carbocycles. The highest BCUT2D eigenvalue weighted by molar-refractivity contribution is 5.11. The molecule has 0 spiro atoms. The summed E-state index contributed by atoms with van der Waals surface area (Å²) in [7, 11) is 0. The average molecular weight is 137 g/mol. The van der Waals surface area contributed by atoms with Gasteiger partial charge in [-0.25, -0.2) is 0 Å². The normalized spacial score (nSPS) is 7.60. The van der Waals surface area contributed by atoms with Crippen molar-refractivity contribution in [1.82, 2.24) is 5.32 Å². The van der Waals surface area contributed by atoms with E-state index in [1.807, 2.05) is 13.8 Å². The number of hydrogen-bond acceptors (Lipinski definition) is 1. The predicted molar refractivity (Wildman–Crippen MR) is 45.3 cm³/mol. The first kappa shape index (κ1) is 9.10. The quantitative estimate of drug-likeness (QED) is 0.432. The first-order valence-corrected chi connectivity index (χ1v) is 3.56. The van der Waals surface area contributed by atoms with Crippen LogP contribution in [0.1, 0.15) is 34.1 Å². The maximum absolute atomic E-state index is 3.00. The third-order valence-corrected chi connectivity index (χ3v) is 1.27. The fraction of sp³-hybridized carbons (Fsp3) is 0.556. The number of nitrogens with one attached hydrogen (secondary N) is 1. The van der Waals surface area contributed by atoms with Crippen LogP contribution in [0.25, 0.3) is 0 Å². The standard InChI is InChI=1S/C9H15N/c1-5-6-7-10-9(4)8(2)3/h10H,5H2,1-4H3. The van der Waals surface area contributed by atoms with Crippen LogP contribution in [0.3, 0.4) is 0 Å². The van der Waals surface area contributed by atoms with Crippen molar-refractivity contribution < 1.29 is 0 Å². The van der Waals surface area contributed by atoms with Gasteiger partial charge in [0.1, 0.15) is 0 Å². The van der Waals surface area contributed by atoms with Gasteiger partial charge >= 0.3 is 0 Å². The molecule has 0 saturated carbocycles. The van der Waals surface area contributed by atoms with Gasteiger partial charge in [-0.1, -0.05) is 18.4 Å². The molecule has 0 unspecified atom stereocenters. The van der Waals surface area contributed by atoms with Crippen LogP contribution in [0.2, 0.25) is 0 Å². The van der Waals surface area contributed by atoms with Gasteiger partial charge in [-0.2, -0.15) is 0 Å². The first-order chi connectivity index (χ1) is 4.68. The molecule has 0 heterocycles. The van der Waals surface area contributed by atoms with Crippen LogP contribution >= 0.6 is 0 Å². The Balaban J connectivity index is 3.81. The van der Waals surface area contributed by atoms with E-state index < -0.39 is 0 Å². The van der Waals surface area contributed by atoms with Crippen molar-refractivity contribution in [3.63, 3.8) is 0 Å². The van der Waals surface area contributed by atoms with Crippen molar-refractivity contribution >= 4 is 0 Å². The lowest BCUT2D eigenvalue weighted by atomic mass is 10.3. The zero-order chi connectivity index (χ0) is 7.98. The van der Waals surface area contributed by atoms with Crippen molar-refractivity contribution in [1.29, 1.82) is 0 Å². The molecule has 10 heavy (non-hydrogen) atoms. The highest BCUT2D eigenvalue weighted by atomic mass is 14.8. The molecular weight excluding hydrogens is 122 g/mol. The fourth-order valence-electron chi connectivity index (χ4n) is 0.351. The summed E-state index contributed by atoms with van der Waals surface area (Å²) in [6.45, 7) is 8.19. The Kier molecular flexibility index (Phi) is 4.49. The monoisotopic (exact) mass is 137 g/mol. The molecule has 0 radical (unpaired) electrons. The summed E-state index contributed by atoms with van der Waals surface area (Å²) in [5, 5.41) is 3.00. The van der Waals surface area contributed by atoms with Crippen molar-refractivity contribution in [2.24, 2.45) is 0 Å². The Morgan fingerprint density at radius 3 is 2.30 bits per heavy atom. The van der Waals surface area contributed by atoms with Crippen LogP contribution in [-0.2, 0) is 0 Å². The molecule has 0 fully saturated rings. The molecule has 0 saturated heterocycles. The second kappa shape index (κ2) is 4.93. The molecule has 0 aliphatic rings. The highest BCUT2D eigenvalue weighted by Gasteiger charge is 1.84. The maximum Gasteiger partial charge on any atom is 0.0185 e. The van der Waals surface area contributed by atoms with Crippen molar-refractivity contribution in [2.45, 2.75) is 34.1 Å². The lowest BCUT2D eigenvalue weighted by molar-refractivity contribution is 1.04. The van der Waals surface area contributed by atoms with E-state index in [-0.39, 0.29) is 0 Å². The van der Waals surface area contributed by atoms with Crippen LogP contribution in [0, 0.1) is 12.0 Å². The van der Waals surface area contributed by atoms with Gasteiger partial charge in [-0.05, 0) is 20.8 Å². The molecule has 56 valence electrons. The summed E-state index contributed by atoms with van der Waals surface area (Å²) in [5.74, 6) is 2.94. The van der Waals surface area contributed by atoms with Gasteiger partial charge < -0.3 is 5.32 Å². The molecule has 1 N–H and O–H groups in total. The van der Waals surface area contributed by atoms with E-state index in [9.17, 15) is 0 Å². The van der Waals surface area contributed by atoms with E-state index in [0.717, 1.165) is 12.1 Å². The largest absolute Gasteiger partial charge is 0.319 e. The Hall–Kier alpha value is -0.900. The molecule has 0 aromatic heterocycles. The molecule has 1 heteroatoms. The van der Waals surface area contributed by atoms with E-state index >= 15 is 0 Å². The highest BCUT2D eigenvalue weighted by Crippen LogP contribution is 1.95. The van der Waals surface area contributed by atoms with Crippen LogP contribution in [-0.4, -0.2) is 0 Å². The lowest BCUT2D eigenvalue weighted by Gasteiger charge is -1.98. The van der Waals surface area contributed by atoms with Crippen molar-refractivity contribution in [3.05, 3.63) is 11.3 Å². The second-order valence-electron chi connectivity index (χ2n) is 2.41. The Bertz CT molecular complexity index is 175. The maximum atomic E-state index is 3.00. The van der Waals surface area contributed by atoms with E-state index in [1.54, 1.807) is 0 Å². The number of allylic oxidation sites excluding steroid dienone is 2. The Labute approximate surface area is 63.5 Å².